The molecule has 1 atom stereocenters. The molecule has 0 bridgehead atoms. The van der Waals surface area contributed by atoms with Crippen molar-refractivity contribution in [1.82, 2.24) is 4.90 Å². The predicted octanol–water partition coefficient (Wildman–Crippen LogP) is 2.87. The Morgan fingerprint density at radius 2 is 1.73 bits per heavy atom. The number of nitrogens with two attached hydrogens (primary N) is 1. The summed E-state index contributed by atoms with van der Waals surface area (Å²) in [7, 11) is 0. The normalized spacial score (nSPS) is 13.8. The van der Waals surface area contributed by atoms with E-state index in [2.05, 4.69) is 32.6 Å². The lowest BCUT2D eigenvalue weighted by molar-refractivity contribution is 0.213. The zero-order chi connectivity index (χ0) is 11.7. The van der Waals surface area contributed by atoms with Crippen molar-refractivity contribution >= 4 is 0 Å². The van der Waals surface area contributed by atoms with Crippen LogP contribution in [0.5, 0.6) is 0 Å². The van der Waals surface area contributed by atoms with Gasteiger partial charge in [0.25, 0.3) is 0 Å². The first-order valence-electron chi connectivity index (χ1n) is 6.55. The molecule has 0 aliphatic heterocycles. The van der Waals surface area contributed by atoms with Crippen molar-refractivity contribution in [2.75, 3.05) is 19.6 Å². The third-order valence-electron chi connectivity index (χ3n) is 3.04. The van der Waals surface area contributed by atoms with Crippen LogP contribution in [0.4, 0.5) is 0 Å². The second-order valence-corrected chi connectivity index (χ2v) is 4.95. The molecule has 0 aliphatic carbocycles. The maximum absolute atomic E-state index is 5.55. The lowest BCUT2D eigenvalue weighted by Crippen LogP contribution is -2.32. The molecule has 15 heavy (non-hydrogen) atoms. The molecule has 0 radical (unpaired) electrons. The van der Waals surface area contributed by atoms with Gasteiger partial charge in [-0.05, 0) is 65.1 Å². The summed E-state index contributed by atoms with van der Waals surface area (Å²) in [5.74, 6) is 0.797. The third-order valence-corrected chi connectivity index (χ3v) is 3.04. The average Bonchev–Trinajstić information content (AvgIpc) is 2.16. The van der Waals surface area contributed by atoms with Crippen molar-refractivity contribution in [3.05, 3.63) is 0 Å². The van der Waals surface area contributed by atoms with E-state index in [-0.39, 0.29) is 0 Å². The minimum atomic E-state index is 0.690. The molecule has 1 unspecified atom stereocenters. The molecule has 0 aromatic rings. The molecule has 0 saturated heterocycles. The lowest BCUT2D eigenvalue weighted by Gasteiger charge is -2.26. The van der Waals surface area contributed by atoms with Gasteiger partial charge in [0.15, 0.2) is 0 Å². The van der Waals surface area contributed by atoms with E-state index in [1.54, 1.807) is 0 Å². The van der Waals surface area contributed by atoms with Crippen molar-refractivity contribution in [1.29, 1.82) is 0 Å². The Labute approximate surface area is 96.2 Å². The van der Waals surface area contributed by atoms with Gasteiger partial charge in [0.05, 0.1) is 0 Å². The summed E-state index contributed by atoms with van der Waals surface area (Å²) in [6.45, 7) is 12.5. The van der Waals surface area contributed by atoms with Crippen LogP contribution in [-0.2, 0) is 0 Å². The molecular weight excluding hydrogens is 184 g/mol. The van der Waals surface area contributed by atoms with Gasteiger partial charge in [-0.2, -0.15) is 0 Å². The summed E-state index contributed by atoms with van der Waals surface area (Å²) in [5.41, 5.74) is 5.55. The molecular formula is C13H30N2. The summed E-state index contributed by atoms with van der Waals surface area (Å²) in [4.78, 5) is 2.58. The van der Waals surface area contributed by atoms with Crippen molar-refractivity contribution in [2.24, 2.45) is 11.7 Å². The van der Waals surface area contributed by atoms with Crippen LogP contribution in [0.3, 0.4) is 0 Å². The van der Waals surface area contributed by atoms with Gasteiger partial charge in [0.2, 0.25) is 0 Å². The molecule has 0 aliphatic rings. The van der Waals surface area contributed by atoms with Crippen LogP contribution < -0.4 is 5.73 Å². The first-order chi connectivity index (χ1) is 7.11. The van der Waals surface area contributed by atoms with E-state index < -0.39 is 0 Å². The van der Waals surface area contributed by atoms with E-state index in [4.69, 9.17) is 5.73 Å². The fraction of sp³-hybridized carbons (Fsp3) is 1.00. The van der Waals surface area contributed by atoms with Crippen LogP contribution in [0.1, 0.15) is 53.4 Å². The molecule has 0 amide bonds. The summed E-state index contributed by atoms with van der Waals surface area (Å²) in [6.07, 6.45) is 5.08. The summed E-state index contributed by atoms with van der Waals surface area (Å²) in [5, 5.41) is 0. The van der Waals surface area contributed by atoms with Gasteiger partial charge >= 0.3 is 0 Å². The SMILES string of the molecule is CCCN(CCCC(C)CCN)C(C)C. The smallest absolute Gasteiger partial charge is 0.00385 e. The van der Waals surface area contributed by atoms with Gasteiger partial charge in [-0.15, -0.1) is 0 Å². The van der Waals surface area contributed by atoms with Crippen molar-refractivity contribution in [3.8, 4) is 0 Å². The fourth-order valence-electron chi connectivity index (χ4n) is 1.99. The van der Waals surface area contributed by atoms with Crippen LogP contribution in [-0.4, -0.2) is 30.6 Å². The van der Waals surface area contributed by atoms with Crippen LogP contribution >= 0.6 is 0 Å². The minimum absolute atomic E-state index is 0.690. The zero-order valence-corrected chi connectivity index (χ0v) is 11.1. The average molecular weight is 214 g/mol. The quantitative estimate of drug-likeness (QED) is 0.639. The van der Waals surface area contributed by atoms with E-state index in [0.717, 1.165) is 12.5 Å². The first kappa shape index (κ1) is 14.9. The number of rotatable bonds is 9. The van der Waals surface area contributed by atoms with Gasteiger partial charge in [0, 0.05) is 6.04 Å². The highest BCUT2D eigenvalue weighted by molar-refractivity contribution is 4.63. The van der Waals surface area contributed by atoms with Crippen LogP contribution in [0.15, 0.2) is 0 Å². The van der Waals surface area contributed by atoms with Crippen molar-refractivity contribution < 1.29 is 0 Å². The molecule has 2 nitrogen and oxygen atoms in total. The summed E-state index contributed by atoms with van der Waals surface area (Å²) in [6, 6.07) is 0.690. The third kappa shape index (κ3) is 7.80. The van der Waals surface area contributed by atoms with Gasteiger partial charge in [-0.1, -0.05) is 13.8 Å². The molecule has 0 fully saturated rings. The number of nitrogens with zero attached hydrogens (tertiary/aromatic N) is 1. The van der Waals surface area contributed by atoms with Crippen LogP contribution in [0.2, 0.25) is 0 Å². The molecule has 0 rings (SSSR count). The summed E-state index contributed by atoms with van der Waals surface area (Å²) < 4.78 is 0. The van der Waals surface area contributed by atoms with E-state index in [0.29, 0.717) is 6.04 Å². The monoisotopic (exact) mass is 214 g/mol. The topological polar surface area (TPSA) is 29.3 Å². The van der Waals surface area contributed by atoms with Crippen LogP contribution in [0, 0.1) is 5.92 Å². The maximum Gasteiger partial charge on any atom is 0.00385 e. The molecule has 92 valence electrons. The Kier molecular flexibility index (Phi) is 9.12. The molecule has 0 saturated carbocycles. The highest BCUT2D eigenvalue weighted by atomic mass is 15.1. The van der Waals surface area contributed by atoms with Gasteiger partial charge < -0.3 is 10.6 Å². The predicted molar refractivity (Wildman–Crippen MR) is 69.1 cm³/mol. The Balaban J connectivity index is 3.61. The Morgan fingerprint density at radius 3 is 2.20 bits per heavy atom. The second-order valence-electron chi connectivity index (χ2n) is 4.95. The number of hydrogen-bond acceptors (Lipinski definition) is 2. The van der Waals surface area contributed by atoms with Crippen molar-refractivity contribution in [3.63, 3.8) is 0 Å². The van der Waals surface area contributed by atoms with E-state index >= 15 is 0 Å². The molecule has 0 heterocycles. The van der Waals surface area contributed by atoms with E-state index in [9.17, 15) is 0 Å². The molecule has 2 heteroatoms. The molecule has 0 spiro atoms. The standard InChI is InChI=1S/C13H30N2/c1-5-10-15(12(2)3)11-6-7-13(4)8-9-14/h12-13H,5-11,14H2,1-4H3. The Bertz CT molecular complexity index is 134. The molecule has 0 aromatic carbocycles. The van der Waals surface area contributed by atoms with Crippen LogP contribution in [0.25, 0.3) is 0 Å². The largest absolute Gasteiger partial charge is 0.330 e. The van der Waals surface area contributed by atoms with Gasteiger partial charge in [-0.3, -0.25) is 0 Å². The van der Waals surface area contributed by atoms with E-state index in [1.165, 1.54) is 38.8 Å². The summed E-state index contributed by atoms with van der Waals surface area (Å²) >= 11 is 0. The Hall–Kier alpha value is -0.0800. The first-order valence-corrected chi connectivity index (χ1v) is 6.55. The second kappa shape index (κ2) is 9.17. The fourth-order valence-corrected chi connectivity index (χ4v) is 1.99. The number of hydrogen-bond donors (Lipinski definition) is 1. The maximum atomic E-state index is 5.55. The van der Waals surface area contributed by atoms with E-state index in [1.807, 2.05) is 0 Å². The Morgan fingerprint density at radius 1 is 1.07 bits per heavy atom. The van der Waals surface area contributed by atoms with Gasteiger partial charge in [-0.25, -0.2) is 0 Å². The lowest BCUT2D eigenvalue weighted by atomic mass is 10.0. The minimum Gasteiger partial charge on any atom is -0.330 e. The highest BCUT2D eigenvalue weighted by Gasteiger charge is 2.08. The molecule has 0 aromatic heterocycles. The van der Waals surface area contributed by atoms with Crippen molar-refractivity contribution in [2.45, 2.75) is 59.4 Å². The van der Waals surface area contributed by atoms with Gasteiger partial charge in [0.1, 0.15) is 0 Å². The zero-order valence-electron chi connectivity index (χ0n) is 11.1. The highest BCUT2D eigenvalue weighted by Crippen LogP contribution is 2.11. The molecule has 2 N–H and O–H groups in total.